The summed E-state index contributed by atoms with van der Waals surface area (Å²) < 4.78 is 41.1. The molecule has 1 aliphatic carbocycles. The van der Waals surface area contributed by atoms with Gasteiger partial charge >= 0.3 is 6.18 Å². The van der Waals surface area contributed by atoms with Gasteiger partial charge in [-0.05, 0) is 56.4 Å². The predicted molar refractivity (Wildman–Crippen MR) is 110 cm³/mol. The number of amides is 1. The van der Waals surface area contributed by atoms with Crippen molar-refractivity contribution in [1.29, 1.82) is 0 Å². The monoisotopic (exact) mass is 444 g/mol. The Bertz CT molecular complexity index is 1090. The molecule has 1 atom stereocenters. The van der Waals surface area contributed by atoms with Crippen LogP contribution in [0, 0.1) is 12.8 Å². The molecule has 1 fully saturated rings. The zero-order valence-electron chi connectivity index (χ0n) is 17.8. The average molecular weight is 444 g/mol. The van der Waals surface area contributed by atoms with Gasteiger partial charge in [0.15, 0.2) is 5.82 Å². The molecule has 0 radical (unpaired) electrons. The second-order valence-electron chi connectivity index (χ2n) is 8.13. The number of hydrogen-bond donors (Lipinski definition) is 0. The third-order valence-electron chi connectivity index (χ3n) is 5.45. The van der Waals surface area contributed by atoms with E-state index in [0.717, 1.165) is 25.0 Å². The van der Waals surface area contributed by atoms with E-state index in [2.05, 4.69) is 20.1 Å². The van der Waals surface area contributed by atoms with Gasteiger partial charge in [0.25, 0.3) is 5.95 Å². The van der Waals surface area contributed by atoms with Gasteiger partial charge in [-0.1, -0.05) is 11.6 Å². The highest BCUT2D eigenvalue weighted by Gasteiger charge is 2.34. The fraction of sp³-hybridized carbons (Fsp3) is 0.409. The Kier molecular flexibility index (Phi) is 5.94. The lowest BCUT2D eigenvalue weighted by Gasteiger charge is -2.29. The van der Waals surface area contributed by atoms with E-state index in [0.29, 0.717) is 35.4 Å². The van der Waals surface area contributed by atoms with Crippen LogP contribution < -0.4 is 0 Å². The van der Waals surface area contributed by atoms with Crippen LogP contribution in [0.15, 0.2) is 43.0 Å². The number of carbonyl (C=O) groups excluding carboxylic acids is 1. The zero-order valence-corrected chi connectivity index (χ0v) is 17.8. The van der Waals surface area contributed by atoms with Gasteiger partial charge in [-0.15, -0.1) is 0 Å². The largest absolute Gasteiger partial charge is 0.416 e. The van der Waals surface area contributed by atoms with Crippen LogP contribution in [0.5, 0.6) is 0 Å². The van der Waals surface area contributed by atoms with Crippen LogP contribution >= 0.6 is 0 Å². The van der Waals surface area contributed by atoms with E-state index in [1.165, 1.54) is 11.0 Å². The molecule has 3 aromatic rings. The van der Waals surface area contributed by atoms with Crippen LogP contribution in [0.1, 0.15) is 48.3 Å². The number of rotatable bonds is 7. The molecule has 1 aliphatic rings. The third kappa shape index (κ3) is 4.95. The summed E-state index contributed by atoms with van der Waals surface area (Å²) >= 11 is 0. The molecular formula is C22H23F3N6O. The second-order valence-corrected chi connectivity index (χ2v) is 8.13. The summed E-state index contributed by atoms with van der Waals surface area (Å²) in [4.78, 5) is 27.7. The summed E-state index contributed by atoms with van der Waals surface area (Å²) in [6, 6.07) is 4.98. The molecule has 1 amide bonds. The molecule has 0 N–H and O–H groups in total. The number of aryl methyl sites for hydroxylation is 1. The Morgan fingerprint density at radius 3 is 2.56 bits per heavy atom. The van der Waals surface area contributed by atoms with Gasteiger partial charge in [0.1, 0.15) is 6.33 Å². The van der Waals surface area contributed by atoms with Gasteiger partial charge in [-0.25, -0.2) is 15.0 Å². The number of hydrogen-bond acceptors (Lipinski definition) is 5. The Balaban J connectivity index is 1.60. The molecule has 0 aliphatic heterocycles. The van der Waals surface area contributed by atoms with Crippen molar-refractivity contribution in [2.45, 2.75) is 45.3 Å². The number of aromatic nitrogens is 5. The smallest absolute Gasteiger partial charge is 0.332 e. The Hall–Kier alpha value is -3.30. The van der Waals surface area contributed by atoms with Crippen molar-refractivity contribution >= 4 is 5.91 Å². The SMILES string of the molecule is Cc1cc(CC(=O)N(CC2CC2)C(C)c2ncnn2-c2ncccn2)cc(C(F)(F)F)c1. The van der Waals surface area contributed by atoms with Gasteiger partial charge in [-0.2, -0.15) is 23.0 Å². The number of nitrogens with zero attached hydrogens (tertiary/aromatic N) is 6. The standard InChI is InChI=1S/C22H23F3N6O/c1-14-8-17(10-18(9-14)22(23,24)25)11-19(32)30(12-16-4-5-16)15(2)20-28-13-29-31(20)21-26-6-3-7-27-21/h3,6-10,13,15-16H,4-5,11-12H2,1-2H3. The first kappa shape index (κ1) is 21.9. The van der Waals surface area contributed by atoms with Gasteiger partial charge in [0.2, 0.25) is 5.91 Å². The maximum Gasteiger partial charge on any atom is 0.416 e. The minimum atomic E-state index is -4.46. The topological polar surface area (TPSA) is 76.8 Å². The van der Waals surface area contributed by atoms with Crippen molar-refractivity contribution in [3.8, 4) is 5.95 Å². The third-order valence-corrected chi connectivity index (χ3v) is 5.45. The van der Waals surface area contributed by atoms with E-state index >= 15 is 0 Å². The van der Waals surface area contributed by atoms with E-state index in [1.807, 2.05) is 6.92 Å². The van der Waals surface area contributed by atoms with Crippen LogP contribution in [-0.4, -0.2) is 42.1 Å². The van der Waals surface area contributed by atoms with Crippen molar-refractivity contribution in [2.24, 2.45) is 5.92 Å². The lowest BCUT2D eigenvalue weighted by molar-refractivity contribution is -0.138. The minimum absolute atomic E-state index is 0.127. The molecule has 0 spiro atoms. The molecule has 0 saturated heterocycles. The normalized spacial score (nSPS) is 14.9. The summed E-state index contributed by atoms with van der Waals surface area (Å²) in [7, 11) is 0. The maximum absolute atomic E-state index is 13.3. The molecule has 1 aromatic carbocycles. The Morgan fingerprint density at radius 2 is 1.91 bits per heavy atom. The quantitative estimate of drug-likeness (QED) is 0.552. The van der Waals surface area contributed by atoms with E-state index in [4.69, 9.17) is 0 Å². The van der Waals surface area contributed by atoms with Gasteiger partial charge in [0, 0.05) is 18.9 Å². The van der Waals surface area contributed by atoms with Crippen LogP contribution in [0.25, 0.3) is 5.95 Å². The molecule has 2 aromatic heterocycles. The second kappa shape index (κ2) is 8.68. The number of halogens is 3. The fourth-order valence-electron chi connectivity index (χ4n) is 3.69. The van der Waals surface area contributed by atoms with Crippen molar-refractivity contribution in [1.82, 2.24) is 29.6 Å². The van der Waals surface area contributed by atoms with Crippen LogP contribution in [-0.2, 0) is 17.4 Å². The summed E-state index contributed by atoms with van der Waals surface area (Å²) in [6.45, 7) is 3.94. The summed E-state index contributed by atoms with van der Waals surface area (Å²) in [5.41, 5.74) is 0.0524. The van der Waals surface area contributed by atoms with Crippen molar-refractivity contribution < 1.29 is 18.0 Å². The molecule has 1 saturated carbocycles. The molecular weight excluding hydrogens is 421 g/mol. The zero-order chi connectivity index (χ0) is 22.9. The summed E-state index contributed by atoms with van der Waals surface area (Å²) in [5, 5.41) is 4.20. The fourth-order valence-corrected chi connectivity index (χ4v) is 3.69. The predicted octanol–water partition coefficient (Wildman–Crippen LogP) is 3.93. The van der Waals surface area contributed by atoms with Crippen molar-refractivity contribution in [3.05, 3.63) is 65.5 Å². The maximum atomic E-state index is 13.3. The van der Waals surface area contributed by atoms with Crippen molar-refractivity contribution in [2.75, 3.05) is 6.54 Å². The van der Waals surface area contributed by atoms with Crippen molar-refractivity contribution in [3.63, 3.8) is 0 Å². The first-order chi connectivity index (χ1) is 15.2. The van der Waals surface area contributed by atoms with E-state index in [1.54, 1.807) is 36.4 Å². The highest BCUT2D eigenvalue weighted by atomic mass is 19.4. The molecule has 32 heavy (non-hydrogen) atoms. The molecule has 2 heterocycles. The highest BCUT2D eigenvalue weighted by molar-refractivity contribution is 5.79. The number of benzene rings is 1. The molecule has 7 nitrogen and oxygen atoms in total. The lowest BCUT2D eigenvalue weighted by Crippen LogP contribution is -2.37. The summed E-state index contributed by atoms with van der Waals surface area (Å²) in [6.07, 6.45) is 2.00. The molecule has 0 bridgehead atoms. The van der Waals surface area contributed by atoms with E-state index in [-0.39, 0.29) is 12.3 Å². The Morgan fingerprint density at radius 1 is 1.19 bits per heavy atom. The first-order valence-corrected chi connectivity index (χ1v) is 10.4. The van der Waals surface area contributed by atoms with Gasteiger partial charge < -0.3 is 4.90 Å². The molecule has 168 valence electrons. The lowest BCUT2D eigenvalue weighted by atomic mass is 10.0. The van der Waals surface area contributed by atoms with Crippen LogP contribution in [0.3, 0.4) is 0 Å². The number of alkyl halides is 3. The Labute approximate surface area is 183 Å². The highest BCUT2D eigenvalue weighted by Crippen LogP contribution is 2.34. The average Bonchev–Trinajstić information content (AvgIpc) is 3.43. The molecule has 4 rings (SSSR count). The number of carbonyl (C=O) groups is 1. The summed E-state index contributed by atoms with van der Waals surface area (Å²) in [5.74, 6) is 0.949. The van der Waals surface area contributed by atoms with Gasteiger partial charge in [-0.3, -0.25) is 4.79 Å². The van der Waals surface area contributed by atoms with Crippen LogP contribution in [0.4, 0.5) is 13.2 Å². The van der Waals surface area contributed by atoms with Gasteiger partial charge in [0.05, 0.1) is 18.0 Å². The molecule has 10 heteroatoms. The van der Waals surface area contributed by atoms with E-state index < -0.39 is 17.8 Å². The molecule has 1 unspecified atom stereocenters. The first-order valence-electron chi connectivity index (χ1n) is 10.4. The minimum Gasteiger partial charge on any atom is -0.332 e. The van der Waals surface area contributed by atoms with Crippen LogP contribution in [0.2, 0.25) is 0 Å². The van der Waals surface area contributed by atoms with E-state index in [9.17, 15) is 18.0 Å².